The molecule has 8 heteroatoms. The van der Waals surface area contributed by atoms with Crippen LogP contribution < -0.4 is 4.90 Å². The van der Waals surface area contributed by atoms with Crippen molar-refractivity contribution in [2.24, 2.45) is 0 Å². The molecular formula is C25H24F2N6. The number of piperazine rings is 1. The van der Waals surface area contributed by atoms with Gasteiger partial charge in [-0.2, -0.15) is 5.10 Å². The van der Waals surface area contributed by atoms with Crippen molar-refractivity contribution in [2.75, 3.05) is 31.1 Å². The van der Waals surface area contributed by atoms with Crippen molar-refractivity contribution in [3.63, 3.8) is 0 Å². The molecule has 1 aliphatic rings. The number of hydrogen-bond acceptors (Lipinski definition) is 5. The van der Waals surface area contributed by atoms with Gasteiger partial charge in [0, 0.05) is 68.5 Å². The molecular weight excluding hydrogens is 422 g/mol. The summed E-state index contributed by atoms with van der Waals surface area (Å²) in [7, 11) is 0. The van der Waals surface area contributed by atoms with Gasteiger partial charge in [0.2, 0.25) is 0 Å². The fourth-order valence-electron chi connectivity index (χ4n) is 4.21. The lowest BCUT2D eigenvalue weighted by atomic mass is 10.0. The Hall–Kier alpha value is -3.65. The van der Waals surface area contributed by atoms with Gasteiger partial charge in [-0.3, -0.25) is 9.88 Å². The lowest BCUT2D eigenvalue weighted by Crippen LogP contribution is -2.46. The van der Waals surface area contributed by atoms with Crippen LogP contribution in [-0.4, -0.2) is 50.8 Å². The lowest BCUT2D eigenvalue weighted by Gasteiger charge is -2.35. The maximum atomic E-state index is 14.5. The number of rotatable bonds is 5. The Balaban J connectivity index is 1.43. The highest BCUT2D eigenvalue weighted by molar-refractivity contribution is 5.67. The van der Waals surface area contributed by atoms with Crippen LogP contribution >= 0.6 is 0 Å². The highest BCUT2D eigenvalue weighted by Crippen LogP contribution is 2.28. The van der Waals surface area contributed by atoms with Crippen LogP contribution in [0.3, 0.4) is 0 Å². The van der Waals surface area contributed by atoms with Crippen molar-refractivity contribution in [1.82, 2.24) is 24.6 Å². The molecule has 2 aromatic heterocycles. The zero-order valence-electron chi connectivity index (χ0n) is 18.3. The first-order chi connectivity index (χ1) is 16.1. The van der Waals surface area contributed by atoms with Crippen LogP contribution in [0.1, 0.15) is 11.1 Å². The Bertz CT molecular complexity index is 1250. The quantitative estimate of drug-likeness (QED) is 0.459. The fraction of sp³-hybridized carbons (Fsp3) is 0.240. The van der Waals surface area contributed by atoms with Crippen molar-refractivity contribution in [1.29, 1.82) is 0 Å². The highest BCUT2D eigenvalue weighted by atomic mass is 19.1. The van der Waals surface area contributed by atoms with Gasteiger partial charge in [0.25, 0.3) is 0 Å². The lowest BCUT2D eigenvalue weighted by molar-refractivity contribution is 0.249. The van der Waals surface area contributed by atoms with Crippen molar-refractivity contribution >= 4 is 5.82 Å². The average molecular weight is 447 g/mol. The summed E-state index contributed by atoms with van der Waals surface area (Å²) in [5, 5.41) is 4.73. The van der Waals surface area contributed by atoms with E-state index >= 15 is 0 Å². The van der Waals surface area contributed by atoms with Crippen LogP contribution in [0, 0.1) is 18.6 Å². The van der Waals surface area contributed by atoms with E-state index in [9.17, 15) is 8.78 Å². The molecule has 2 aromatic carbocycles. The third kappa shape index (κ3) is 4.47. The van der Waals surface area contributed by atoms with E-state index < -0.39 is 11.6 Å². The standard InChI is InChI=1S/C25H24F2N6/c1-18-4-2-3-5-21(18)25-19(17-33(30-25)23-7-6-20(26)14-22(23)27)16-31-10-12-32(13-11-31)24-15-28-8-9-29-24/h2-9,14-15,17H,10-13,16H2,1H3. The molecule has 0 N–H and O–H groups in total. The molecule has 0 radical (unpaired) electrons. The summed E-state index contributed by atoms with van der Waals surface area (Å²) in [6, 6.07) is 11.6. The van der Waals surface area contributed by atoms with Crippen LogP contribution in [0.2, 0.25) is 0 Å². The van der Waals surface area contributed by atoms with E-state index in [0.29, 0.717) is 6.54 Å². The Morgan fingerprint density at radius 2 is 1.79 bits per heavy atom. The van der Waals surface area contributed by atoms with Gasteiger partial charge >= 0.3 is 0 Å². The second kappa shape index (κ2) is 9.07. The maximum Gasteiger partial charge on any atom is 0.151 e. The number of halogens is 2. The van der Waals surface area contributed by atoms with E-state index in [0.717, 1.165) is 60.4 Å². The van der Waals surface area contributed by atoms with Gasteiger partial charge in [0.05, 0.1) is 11.9 Å². The van der Waals surface area contributed by atoms with E-state index in [2.05, 4.69) is 19.8 Å². The van der Waals surface area contributed by atoms with Gasteiger partial charge in [0.1, 0.15) is 17.3 Å². The van der Waals surface area contributed by atoms with Crippen molar-refractivity contribution in [3.05, 3.63) is 90.0 Å². The number of benzene rings is 2. The van der Waals surface area contributed by atoms with Gasteiger partial charge in [-0.25, -0.2) is 18.4 Å². The van der Waals surface area contributed by atoms with E-state index in [4.69, 9.17) is 5.10 Å². The molecule has 0 spiro atoms. The number of anilines is 1. The Labute approximate surface area is 191 Å². The normalized spacial score (nSPS) is 14.6. The molecule has 0 amide bonds. The summed E-state index contributed by atoms with van der Waals surface area (Å²) in [6.45, 7) is 6.13. The number of hydrogen-bond donors (Lipinski definition) is 0. The first-order valence-electron chi connectivity index (χ1n) is 10.9. The minimum atomic E-state index is -0.641. The van der Waals surface area contributed by atoms with E-state index in [-0.39, 0.29) is 5.69 Å². The SMILES string of the molecule is Cc1ccccc1-c1nn(-c2ccc(F)cc2F)cc1CN1CCN(c2cnccn2)CC1. The van der Waals surface area contributed by atoms with Crippen molar-refractivity contribution in [3.8, 4) is 16.9 Å². The molecule has 0 unspecified atom stereocenters. The molecule has 33 heavy (non-hydrogen) atoms. The van der Waals surface area contributed by atoms with Gasteiger partial charge in [-0.15, -0.1) is 0 Å². The monoisotopic (exact) mass is 446 g/mol. The second-order valence-corrected chi connectivity index (χ2v) is 8.18. The molecule has 1 aliphatic heterocycles. The zero-order chi connectivity index (χ0) is 22.8. The molecule has 168 valence electrons. The average Bonchev–Trinajstić information content (AvgIpc) is 3.23. The highest BCUT2D eigenvalue weighted by Gasteiger charge is 2.22. The summed E-state index contributed by atoms with van der Waals surface area (Å²) in [5.41, 5.74) is 4.14. The molecule has 0 bridgehead atoms. The Morgan fingerprint density at radius 3 is 2.52 bits per heavy atom. The summed E-state index contributed by atoms with van der Waals surface area (Å²) < 4.78 is 29.4. The fourth-order valence-corrected chi connectivity index (χ4v) is 4.21. The largest absolute Gasteiger partial charge is 0.353 e. The number of nitrogens with zero attached hydrogens (tertiary/aromatic N) is 6. The molecule has 5 rings (SSSR count). The second-order valence-electron chi connectivity index (χ2n) is 8.18. The molecule has 0 aliphatic carbocycles. The third-order valence-corrected chi connectivity index (χ3v) is 5.99. The van der Waals surface area contributed by atoms with Crippen molar-refractivity contribution < 1.29 is 8.78 Å². The van der Waals surface area contributed by atoms with Crippen LogP contribution in [-0.2, 0) is 6.54 Å². The number of aryl methyl sites for hydroxylation is 1. The predicted molar refractivity (Wildman–Crippen MR) is 123 cm³/mol. The Kier molecular flexibility index (Phi) is 5.83. The Morgan fingerprint density at radius 1 is 0.970 bits per heavy atom. The zero-order valence-corrected chi connectivity index (χ0v) is 18.3. The molecule has 3 heterocycles. The molecule has 1 saturated heterocycles. The van der Waals surface area contributed by atoms with Gasteiger partial charge < -0.3 is 4.90 Å². The molecule has 4 aromatic rings. The van der Waals surface area contributed by atoms with Crippen molar-refractivity contribution in [2.45, 2.75) is 13.5 Å². The first-order valence-corrected chi connectivity index (χ1v) is 10.9. The molecule has 0 saturated carbocycles. The number of aromatic nitrogens is 4. The van der Waals surface area contributed by atoms with E-state index in [1.54, 1.807) is 18.6 Å². The molecule has 0 atom stereocenters. The summed E-state index contributed by atoms with van der Waals surface area (Å²) in [6.07, 6.45) is 7.02. The molecule has 6 nitrogen and oxygen atoms in total. The topological polar surface area (TPSA) is 50.1 Å². The van der Waals surface area contributed by atoms with Gasteiger partial charge in [-0.1, -0.05) is 24.3 Å². The summed E-state index contributed by atoms with van der Waals surface area (Å²) in [5.74, 6) is -0.362. The minimum absolute atomic E-state index is 0.227. The van der Waals surface area contributed by atoms with Crippen LogP contribution in [0.4, 0.5) is 14.6 Å². The summed E-state index contributed by atoms with van der Waals surface area (Å²) in [4.78, 5) is 13.1. The van der Waals surface area contributed by atoms with Gasteiger partial charge in [-0.05, 0) is 24.6 Å². The maximum absolute atomic E-state index is 14.5. The smallest absolute Gasteiger partial charge is 0.151 e. The first kappa shape index (κ1) is 21.2. The van der Waals surface area contributed by atoms with E-state index in [1.165, 1.54) is 16.8 Å². The minimum Gasteiger partial charge on any atom is -0.353 e. The van der Waals surface area contributed by atoms with Gasteiger partial charge in [0.15, 0.2) is 5.82 Å². The molecule has 1 fully saturated rings. The predicted octanol–water partition coefficient (Wildman–Crippen LogP) is 4.24. The van der Waals surface area contributed by atoms with Crippen LogP contribution in [0.5, 0.6) is 0 Å². The van der Waals surface area contributed by atoms with Crippen LogP contribution in [0.25, 0.3) is 16.9 Å². The third-order valence-electron chi connectivity index (χ3n) is 5.99. The van der Waals surface area contributed by atoms with E-state index in [1.807, 2.05) is 37.4 Å². The van der Waals surface area contributed by atoms with Crippen LogP contribution in [0.15, 0.2) is 67.3 Å². The summed E-state index contributed by atoms with van der Waals surface area (Å²) >= 11 is 0.